The number of aryl methyl sites for hydroxylation is 1. The maximum Gasteiger partial charge on any atom is 0.118 e. The van der Waals surface area contributed by atoms with E-state index >= 15 is 0 Å². The molecule has 0 aliphatic carbocycles. The Morgan fingerprint density at radius 2 is 1.67 bits per heavy atom. The molecule has 0 aliphatic heterocycles. The van der Waals surface area contributed by atoms with Crippen molar-refractivity contribution in [1.82, 2.24) is 0 Å². The lowest BCUT2D eigenvalue weighted by atomic mass is 10.0. The summed E-state index contributed by atoms with van der Waals surface area (Å²) in [5, 5.41) is 1.22. The number of methoxy groups -OCH3 is 1. The van der Waals surface area contributed by atoms with Gasteiger partial charge in [-0.05, 0) is 54.7 Å². The number of alkyl halides is 1. The highest BCUT2D eigenvalue weighted by atomic mass is 79.9. The first-order chi connectivity index (χ1) is 10.1. The third-order valence-electron chi connectivity index (χ3n) is 3.35. The highest BCUT2D eigenvalue weighted by molar-refractivity contribution is 9.09. The van der Waals surface area contributed by atoms with E-state index in [0.717, 1.165) is 25.0 Å². The minimum atomic E-state index is 0.414. The van der Waals surface area contributed by atoms with Crippen LogP contribution in [-0.4, -0.2) is 11.9 Å². The molecule has 2 rings (SSSR count). The van der Waals surface area contributed by atoms with E-state index in [-0.39, 0.29) is 0 Å². The largest absolute Gasteiger partial charge is 0.497 e. The summed E-state index contributed by atoms with van der Waals surface area (Å²) < 4.78 is 5.16. The number of rotatable bonds is 6. The van der Waals surface area contributed by atoms with Crippen LogP contribution in [0.3, 0.4) is 0 Å². The summed E-state index contributed by atoms with van der Waals surface area (Å²) >= 11 is 15.7. The summed E-state index contributed by atoms with van der Waals surface area (Å²) in [6.07, 6.45) is 3.03. The molecule has 1 atom stereocenters. The van der Waals surface area contributed by atoms with Gasteiger partial charge in [-0.3, -0.25) is 0 Å². The van der Waals surface area contributed by atoms with Crippen LogP contribution in [-0.2, 0) is 12.8 Å². The monoisotopic (exact) mass is 386 g/mol. The van der Waals surface area contributed by atoms with Gasteiger partial charge in [0.2, 0.25) is 0 Å². The van der Waals surface area contributed by atoms with E-state index in [9.17, 15) is 0 Å². The van der Waals surface area contributed by atoms with E-state index in [2.05, 4.69) is 28.1 Å². The third-order valence-corrected chi connectivity index (χ3v) is 4.87. The Morgan fingerprint density at radius 1 is 1.00 bits per heavy atom. The molecule has 1 unspecified atom stereocenters. The first-order valence-corrected chi connectivity index (χ1v) is 8.46. The zero-order valence-electron chi connectivity index (χ0n) is 11.8. The topological polar surface area (TPSA) is 9.23 Å². The lowest BCUT2D eigenvalue weighted by Gasteiger charge is -2.11. The highest BCUT2D eigenvalue weighted by Gasteiger charge is 2.08. The van der Waals surface area contributed by atoms with Gasteiger partial charge in [-0.1, -0.05) is 57.3 Å². The fourth-order valence-corrected chi connectivity index (χ4v) is 3.06. The van der Waals surface area contributed by atoms with E-state index < -0.39 is 0 Å². The van der Waals surface area contributed by atoms with Crippen LogP contribution in [0.5, 0.6) is 5.75 Å². The standard InChI is InChI=1S/C17H17BrCl2O/c1-21-15-7-3-12(4-8-15)2-6-14(18)10-13-5-9-16(19)17(20)11-13/h3-5,7-9,11,14H,2,6,10H2,1H3. The fourth-order valence-electron chi connectivity index (χ4n) is 2.14. The molecule has 2 aromatic rings. The minimum absolute atomic E-state index is 0.414. The minimum Gasteiger partial charge on any atom is -0.497 e. The number of benzene rings is 2. The second-order valence-electron chi connectivity index (χ2n) is 4.94. The van der Waals surface area contributed by atoms with E-state index in [1.54, 1.807) is 7.11 Å². The van der Waals surface area contributed by atoms with Gasteiger partial charge in [0.15, 0.2) is 0 Å². The molecule has 0 saturated carbocycles. The summed E-state index contributed by atoms with van der Waals surface area (Å²) in [5.74, 6) is 0.893. The van der Waals surface area contributed by atoms with Crippen molar-refractivity contribution in [3.63, 3.8) is 0 Å². The summed E-state index contributed by atoms with van der Waals surface area (Å²) in [6, 6.07) is 14.0. The molecule has 0 N–H and O–H groups in total. The van der Waals surface area contributed by atoms with Crippen LogP contribution in [0.15, 0.2) is 42.5 Å². The molecule has 1 nitrogen and oxygen atoms in total. The normalized spacial score (nSPS) is 12.2. The van der Waals surface area contributed by atoms with Gasteiger partial charge < -0.3 is 4.74 Å². The predicted octanol–water partition coefficient (Wildman–Crippen LogP) is 5.94. The van der Waals surface area contributed by atoms with Crippen LogP contribution >= 0.6 is 39.1 Å². The lowest BCUT2D eigenvalue weighted by Crippen LogP contribution is -2.04. The molecule has 2 aromatic carbocycles. The van der Waals surface area contributed by atoms with Gasteiger partial charge in [0.25, 0.3) is 0 Å². The van der Waals surface area contributed by atoms with Crippen LogP contribution in [0.2, 0.25) is 10.0 Å². The first kappa shape index (κ1) is 16.7. The van der Waals surface area contributed by atoms with Gasteiger partial charge in [0.05, 0.1) is 17.2 Å². The van der Waals surface area contributed by atoms with Crippen molar-refractivity contribution in [3.05, 3.63) is 63.6 Å². The van der Waals surface area contributed by atoms with Crippen molar-refractivity contribution in [2.45, 2.75) is 24.1 Å². The molecule has 0 amide bonds. The molecular weight excluding hydrogens is 371 g/mol. The Kier molecular flexibility index (Phi) is 6.40. The second kappa shape index (κ2) is 8.07. The fraction of sp³-hybridized carbons (Fsp3) is 0.294. The summed E-state index contributed by atoms with van der Waals surface area (Å²) in [5.41, 5.74) is 2.51. The van der Waals surface area contributed by atoms with Crippen LogP contribution < -0.4 is 4.74 Å². The zero-order valence-corrected chi connectivity index (χ0v) is 14.9. The van der Waals surface area contributed by atoms with Crippen LogP contribution in [0.1, 0.15) is 17.5 Å². The molecule has 0 aliphatic rings. The molecule has 0 radical (unpaired) electrons. The number of ether oxygens (including phenoxy) is 1. The molecule has 0 saturated heterocycles. The average molecular weight is 388 g/mol. The van der Waals surface area contributed by atoms with Gasteiger partial charge in [0.1, 0.15) is 5.75 Å². The van der Waals surface area contributed by atoms with Crippen molar-refractivity contribution >= 4 is 39.1 Å². The van der Waals surface area contributed by atoms with Crippen molar-refractivity contribution in [1.29, 1.82) is 0 Å². The van der Waals surface area contributed by atoms with Crippen molar-refractivity contribution in [2.75, 3.05) is 7.11 Å². The summed E-state index contributed by atoms with van der Waals surface area (Å²) in [4.78, 5) is 0.414. The molecule has 0 fully saturated rings. The molecule has 21 heavy (non-hydrogen) atoms. The summed E-state index contributed by atoms with van der Waals surface area (Å²) in [6.45, 7) is 0. The van der Waals surface area contributed by atoms with E-state index in [1.807, 2.05) is 30.3 Å². The Balaban J connectivity index is 1.86. The predicted molar refractivity (Wildman–Crippen MR) is 94.2 cm³/mol. The van der Waals surface area contributed by atoms with Gasteiger partial charge >= 0.3 is 0 Å². The highest BCUT2D eigenvalue weighted by Crippen LogP contribution is 2.25. The Morgan fingerprint density at radius 3 is 2.29 bits per heavy atom. The maximum absolute atomic E-state index is 6.04. The van der Waals surface area contributed by atoms with E-state index in [1.165, 1.54) is 11.1 Å². The van der Waals surface area contributed by atoms with Crippen molar-refractivity contribution in [2.24, 2.45) is 0 Å². The van der Waals surface area contributed by atoms with Crippen molar-refractivity contribution < 1.29 is 4.74 Å². The Hall–Kier alpha value is -0.700. The molecule has 4 heteroatoms. The Labute approximate surface area is 144 Å². The smallest absolute Gasteiger partial charge is 0.118 e. The van der Waals surface area contributed by atoms with E-state index in [4.69, 9.17) is 27.9 Å². The lowest BCUT2D eigenvalue weighted by molar-refractivity contribution is 0.414. The van der Waals surface area contributed by atoms with Gasteiger partial charge in [-0.15, -0.1) is 0 Å². The molecule has 0 spiro atoms. The molecule has 0 heterocycles. The number of hydrogen-bond donors (Lipinski definition) is 0. The van der Waals surface area contributed by atoms with Crippen molar-refractivity contribution in [3.8, 4) is 5.75 Å². The third kappa shape index (κ3) is 5.21. The quantitative estimate of drug-likeness (QED) is 0.557. The number of hydrogen-bond acceptors (Lipinski definition) is 1. The van der Waals surface area contributed by atoms with E-state index in [0.29, 0.717) is 14.9 Å². The zero-order chi connectivity index (χ0) is 15.2. The number of halogens is 3. The van der Waals surface area contributed by atoms with Gasteiger partial charge in [-0.25, -0.2) is 0 Å². The SMILES string of the molecule is COc1ccc(CCC(Br)Cc2ccc(Cl)c(Cl)c2)cc1. The van der Waals surface area contributed by atoms with Crippen LogP contribution in [0.25, 0.3) is 0 Å². The first-order valence-electron chi connectivity index (χ1n) is 6.79. The van der Waals surface area contributed by atoms with Gasteiger partial charge in [-0.2, -0.15) is 0 Å². The average Bonchev–Trinajstić information content (AvgIpc) is 2.49. The second-order valence-corrected chi connectivity index (χ2v) is 7.05. The molecule has 0 aromatic heterocycles. The Bertz CT molecular complexity index is 584. The van der Waals surface area contributed by atoms with Crippen LogP contribution in [0.4, 0.5) is 0 Å². The molecule has 112 valence electrons. The van der Waals surface area contributed by atoms with Crippen LogP contribution in [0, 0.1) is 0 Å². The molecular formula is C17H17BrCl2O. The molecule has 0 bridgehead atoms. The van der Waals surface area contributed by atoms with Gasteiger partial charge in [0, 0.05) is 4.83 Å². The maximum atomic E-state index is 6.04. The summed E-state index contributed by atoms with van der Waals surface area (Å²) in [7, 11) is 1.68.